The molecule has 0 radical (unpaired) electrons. The second-order valence-corrected chi connectivity index (χ2v) is 7.72. The summed E-state index contributed by atoms with van der Waals surface area (Å²) in [6, 6.07) is 6.51. The van der Waals surface area contributed by atoms with E-state index >= 15 is 0 Å². The number of hydrogen-bond acceptors (Lipinski definition) is 6. The third-order valence-electron chi connectivity index (χ3n) is 5.71. The number of carbonyl (C=O) groups is 2. The summed E-state index contributed by atoms with van der Waals surface area (Å²) in [5.74, 6) is -1.47. The molecule has 10 heteroatoms. The van der Waals surface area contributed by atoms with Gasteiger partial charge in [0.2, 0.25) is 0 Å². The van der Waals surface area contributed by atoms with Crippen molar-refractivity contribution in [2.45, 2.75) is 31.9 Å². The zero-order chi connectivity index (χ0) is 24.5. The van der Waals surface area contributed by atoms with E-state index in [2.05, 4.69) is 5.10 Å². The highest BCUT2D eigenvalue weighted by Crippen LogP contribution is 2.37. The van der Waals surface area contributed by atoms with E-state index in [-0.39, 0.29) is 16.8 Å². The van der Waals surface area contributed by atoms with Gasteiger partial charge in [0.1, 0.15) is 5.70 Å². The van der Waals surface area contributed by atoms with Crippen molar-refractivity contribution < 1.29 is 32.2 Å². The second-order valence-electron chi connectivity index (χ2n) is 7.72. The number of halogens is 3. The summed E-state index contributed by atoms with van der Waals surface area (Å²) in [5, 5.41) is 3.90. The Morgan fingerprint density at radius 2 is 1.59 bits per heavy atom. The average molecular weight is 473 g/mol. The van der Waals surface area contributed by atoms with E-state index in [1.165, 1.54) is 29.9 Å². The van der Waals surface area contributed by atoms with Gasteiger partial charge < -0.3 is 14.4 Å². The minimum atomic E-state index is -4.53. The Morgan fingerprint density at radius 1 is 0.941 bits per heavy atom. The van der Waals surface area contributed by atoms with Crippen molar-refractivity contribution in [2.75, 3.05) is 19.1 Å². The molecule has 178 valence electrons. The molecule has 2 aliphatic rings. The molecule has 1 aromatic heterocycles. The lowest BCUT2D eigenvalue weighted by Crippen LogP contribution is -2.26. The third-order valence-corrected chi connectivity index (χ3v) is 5.71. The van der Waals surface area contributed by atoms with Crippen LogP contribution in [0.4, 0.5) is 18.9 Å². The van der Waals surface area contributed by atoms with Crippen LogP contribution < -0.4 is 4.90 Å². The standard InChI is InChI=1S/C24H22F3N3O4/c1-33-22(31)18-8-5-6-14-29(20(18)23(32)34-2)15-10-12-16(13-11-15)30-19-9-4-3-7-17(19)21(28-30)24(25,26)27/h5-6,8,10-14H,3-4,7,9H2,1-2H3. The van der Waals surface area contributed by atoms with Crippen LogP contribution >= 0.6 is 0 Å². The predicted molar refractivity (Wildman–Crippen MR) is 117 cm³/mol. The molecule has 0 spiro atoms. The minimum absolute atomic E-state index is 0.000563. The molecule has 0 N–H and O–H groups in total. The first-order chi connectivity index (χ1) is 16.3. The van der Waals surface area contributed by atoms with Crippen LogP contribution in [0.15, 0.2) is 60.0 Å². The van der Waals surface area contributed by atoms with Gasteiger partial charge in [0.15, 0.2) is 5.69 Å². The third kappa shape index (κ3) is 4.23. The van der Waals surface area contributed by atoms with Crippen molar-refractivity contribution in [1.82, 2.24) is 9.78 Å². The zero-order valence-electron chi connectivity index (χ0n) is 18.6. The fourth-order valence-corrected chi connectivity index (χ4v) is 4.16. The highest BCUT2D eigenvalue weighted by atomic mass is 19.4. The summed E-state index contributed by atoms with van der Waals surface area (Å²) >= 11 is 0. The molecule has 2 aromatic rings. The molecule has 0 amide bonds. The number of anilines is 1. The summed E-state index contributed by atoms with van der Waals surface area (Å²) in [6.45, 7) is 0. The molecule has 0 saturated carbocycles. The van der Waals surface area contributed by atoms with Crippen LogP contribution in [-0.4, -0.2) is 35.9 Å². The SMILES string of the molecule is COC(=O)C1=C(C(=O)OC)N(c2ccc(-n3nc(C(F)(F)F)c4c3CCCC4)cc2)C=CC=C1. The van der Waals surface area contributed by atoms with Gasteiger partial charge in [0.05, 0.1) is 25.5 Å². The monoisotopic (exact) mass is 473 g/mol. The molecule has 7 nitrogen and oxygen atoms in total. The fourth-order valence-electron chi connectivity index (χ4n) is 4.16. The summed E-state index contributed by atoms with van der Waals surface area (Å²) in [6.07, 6.45) is 4.05. The van der Waals surface area contributed by atoms with Crippen molar-refractivity contribution in [3.05, 3.63) is 76.9 Å². The van der Waals surface area contributed by atoms with Gasteiger partial charge in [-0.05, 0) is 62.1 Å². The number of allylic oxidation sites excluding steroid dienone is 2. The summed E-state index contributed by atoms with van der Waals surface area (Å²) in [7, 11) is 2.40. The van der Waals surface area contributed by atoms with Crippen LogP contribution in [0.2, 0.25) is 0 Å². The number of benzene rings is 1. The molecule has 1 aliphatic heterocycles. The summed E-state index contributed by atoms with van der Waals surface area (Å²) < 4.78 is 51.7. The number of hydrogen-bond donors (Lipinski definition) is 0. The van der Waals surface area contributed by atoms with Gasteiger partial charge in [-0.3, -0.25) is 0 Å². The van der Waals surface area contributed by atoms with Crippen molar-refractivity contribution >= 4 is 17.6 Å². The Morgan fingerprint density at radius 3 is 2.24 bits per heavy atom. The topological polar surface area (TPSA) is 73.7 Å². The van der Waals surface area contributed by atoms with E-state index in [0.717, 1.165) is 6.42 Å². The van der Waals surface area contributed by atoms with Crippen LogP contribution in [0.3, 0.4) is 0 Å². The smallest absolute Gasteiger partial charge is 0.435 e. The zero-order valence-corrected chi connectivity index (χ0v) is 18.6. The normalized spacial score (nSPS) is 15.7. The van der Waals surface area contributed by atoms with E-state index in [1.54, 1.807) is 42.6 Å². The Bertz CT molecular complexity index is 1210. The minimum Gasteiger partial charge on any atom is -0.465 e. The lowest BCUT2D eigenvalue weighted by molar-refractivity contribution is -0.142. The van der Waals surface area contributed by atoms with Crippen LogP contribution in [0.1, 0.15) is 29.8 Å². The van der Waals surface area contributed by atoms with Crippen molar-refractivity contribution in [3.63, 3.8) is 0 Å². The first-order valence-electron chi connectivity index (χ1n) is 10.6. The lowest BCUT2D eigenvalue weighted by Gasteiger charge is -2.23. The van der Waals surface area contributed by atoms with Gasteiger partial charge in [-0.25, -0.2) is 14.3 Å². The largest absolute Gasteiger partial charge is 0.465 e. The molecule has 4 rings (SSSR count). The van der Waals surface area contributed by atoms with Gasteiger partial charge in [-0.1, -0.05) is 6.08 Å². The number of nitrogens with zero attached hydrogens (tertiary/aromatic N) is 3. The van der Waals surface area contributed by atoms with E-state index in [9.17, 15) is 22.8 Å². The van der Waals surface area contributed by atoms with Crippen LogP contribution in [-0.2, 0) is 38.1 Å². The molecular weight excluding hydrogens is 451 g/mol. The van der Waals surface area contributed by atoms with Gasteiger partial charge in [-0.2, -0.15) is 18.3 Å². The predicted octanol–water partition coefficient (Wildman–Crippen LogP) is 4.26. The average Bonchev–Trinajstić information content (AvgIpc) is 3.10. The summed E-state index contributed by atoms with van der Waals surface area (Å²) in [5.41, 5.74) is 0.874. The number of esters is 2. The van der Waals surface area contributed by atoms with E-state index in [0.29, 0.717) is 36.3 Å². The Kier molecular flexibility index (Phi) is 6.32. The molecule has 0 fully saturated rings. The maximum atomic E-state index is 13.6. The number of fused-ring (bicyclic) bond motifs is 1. The maximum absolute atomic E-state index is 13.6. The molecule has 0 atom stereocenters. The number of methoxy groups -OCH3 is 2. The number of carbonyl (C=O) groups excluding carboxylic acids is 2. The molecule has 0 bridgehead atoms. The number of alkyl halides is 3. The Labute approximate surface area is 193 Å². The molecular formula is C24H22F3N3O4. The fraction of sp³-hybridized carbons (Fsp3) is 0.292. The maximum Gasteiger partial charge on any atom is 0.435 e. The van der Waals surface area contributed by atoms with Crippen LogP contribution in [0.5, 0.6) is 0 Å². The first kappa shape index (κ1) is 23.3. The molecule has 2 heterocycles. The molecule has 0 saturated heterocycles. The van der Waals surface area contributed by atoms with Crippen molar-refractivity contribution in [2.24, 2.45) is 0 Å². The van der Waals surface area contributed by atoms with Gasteiger partial charge in [-0.15, -0.1) is 0 Å². The molecule has 0 unspecified atom stereocenters. The van der Waals surface area contributed by atoms with Crippen molar-refractivity contribution in [3.8, 4) is 5.69 Å². The van der Waals surface area contributed by atoms with Crippen LogP contribution in [0, 0.1) is 0 Å². The lowest BCUT2D eigenvalue weighted by atomic mass is 9.95. The van der Waals surface area contributed by atoms with Gasteiger partial charge in [0, 0.05) is 23.1 Å². The number of rotatable bonds is 4. The Balaban J connectivity index is 1.77. The van der Waals surface area contributed by atoms with Crippen molar-refractivity contribution in [1.29, 1.82) is 0 Å². The highest BCUT2D eigenvalue weighted by Gasteiger charge is 2.39. The van der Waals surface area contributed by atoms with E-state index in [4.69, 9.17) is 9.47 Å². The quantitative estimate of drug-likeness (QED) is 0.618. The number of ether oxygens (including phenoxy) is 2. The second kappa shape index (κ2) is 9.20. The highest BCUT2D eigenvalue weighted by molar-refractivity contribution is 6.05. The van der Waals surface area contributed by atoms with E-state index in [1.807, 2.05) is 0 Å². The molecule has 1 aromatic carbocycles. The van der Waals surface area contributed by atoms with Gasteiger partial charge >= 0.3 is 18.1 Å². The molecule has 34 heavy (non-hydrogen) atoms. The Hall–Kier alpha value is -3.82. The summed E-state index contributed by atoms with van der Waals surface area (Å²) in [4.78, 5) is 26.3. The molecule has 1 aliphatic carbocycles. The number of aromatic nitrogens is 2. The van der Waals surface area contributed by atoms with Gasteiger partial charge in [0.25, 0.3) is 0 Å². The van der Waals surface area contributed by atoms with Crippen LogP contribution in [0.25, 0.3) is 5.69 Å². The first-order valence-corrected chi connectivity index (χ1v) is 10.6. The van der Waals surface area contributed by atoms with E-state index < -0.39 is 23.8 Å².